The number of benzene rings is 1. The number of aryl methyl sites for hydroxylation is 1. The molecule has 2 rings (SSSR count). The molecule has 152 valence electrons. The second-order valence-electron chi connectivity index (χ2n) is 7.08. The van der Waals surface area contributed by atoms with Crippen molar-refractivity contribution in [1.82, 2.24) is 10.2 Å². The lowest BCUT2D eigenvalue weighted by atomic mass is 9.95. The molecule has 0 saturated carbocycles. The molecule has 1 aliphatic heterocycles. The highest BCUT2D eigenvalue weighted by atomic mass is 16.4. The Morgan fingerprint density at radius 2 is 1.86 bits per heavy atom. The molecule has 0 bridgehead atoms. The second kappa shape index (κ2) is 9.87. The predicted octanol–water partition coefficient (Wildman–Crippen LogP) is 1.29. The third-order valence-electron chi connectivity index (χ3n) is 4.97. The number of carbonyl (C=O) groups excluding carboxylic acids is 2. The van der Waals surface area contributed by atoms with Crippen LogP contribution in [0.4, 0.5) is 0 Å². The average molecular weight is 390 g/mol. The molecule has 1 aromatic rings. The molecule has 3 atom stereocenters. The first-order valence-corrected chi connectivity index (χ1v) is 9.39. The zero-order valence-electron chi connectivity index (χ0n) is 15.8. The normalized spacial score (nSPS) is 18.3. The van der Waals surface area contributed by atoms with Gasteiger partial charge in [-0.3, -0.25) is 14.4 Å². The molecular weight excluding hydrogens is 364 g/mol. The minimum atomic E-state index is -1.09. The molecule has 1 heterocycles. The first-order chi connectivity index (χ1) is 13.3. The zero-order chi connectivity index (χ0) is 20.7. The summed E-state index contributed by atoms with van der Waals surface area (Å²) in [5.74, 6) is -3.89. The standard InChI is InChI=1S/C20H26N2O6/c1-13(19(26)22-11-5-8-16(22)20(27)28)21-18(25)15(12-17(23)24)10-9-14-6-3-2-4-7-14/h2-4,6-7,13,15-16H,5,8-12H2,1H3,(H,21,25)(H,23,24)(H,27,28)/t13-,15?,16-/m0/s1. The van der Waals surface area contributed by atoms with Crippen LogP contribution >= 0.6 is 0 Å². The largest absolute Gasteiger partial charge is 0.481 e. The number of carboxylic acid groups (broad SMARTS) is 2. The van der Waals surface area contributed by atoms with Crippen LogP contribution in [0.25, 0.3) is 0 Å². The van der Waals surface area contributed by atoms with Gasteiger partial charge in [-0.05, 0) is 38.2 Å². The lowest BCUT2D eigenvalue weighted by Crippen LogP contribution is -2.51. The summed E-state index contributed by atoms with van der Waals surface area (Å²) in [6, 6.07) is 7.64. The Morgan fingerprint density at radius 1 is 1.18 bits per heavy atom. The van der Waals surface area contributed by atoms with Crippen LogP contribution in [0.5, 0.6) is 0 Å². The van der Waals surface area contributed by atoms with E-state index in [2.05, 4.69) is 5.32 Å². The number of rotatable bonds is 9. The number of aliphatic carboxylic acids is 2. The molecule has 0 aliphatic carbocycles. The maximum atomic E-state index is 12.6. The molecule has 3 N–H and O–H groups in total. The molecule has 1 fully saturated rings. The summed E-state index contributed by atoms with van der Waals surface area (Å²) in [4.78, 5) is 48.8. The van der Waals surface area contributed by atoms with Crippen LogP contribution in [0, 0.1) is 5.92 Å². The van der Waals surface area contributed by atoms with E-state index < -0.39 is 41.8 Å². The van der Waals surface area contributed by atoms with Crippen molar-refractivity contribution in [3.63, 3.8) is 0 Å². The highest BCUT2D eigenvalue weighted by Crippen LogP contribution is 2.19. The van der Waals surface area contributed by atoms with Crippen LogP contribution in [0.1, 0.15) is 38.2 Å². The monoisotopic (exact) mass is 390 g/mol. The Bertz CT molecular complexity index is 721. The van der Waals surface area contributed by atoms with Crippen molar-refractivity contribution < 1.29 is 29.4 Å². The van der Waals surface area contributed by atoms with E-state index in [1.165, 1.54) is 11.8 Å². The molecule has 28 heavy (non-hydrogen) atoms. The molecule has 0 spiro atoms. The van der Waals surface area contributed by atoms with Gasteiger partial charge in [0.2, 0.25) is 11.8 Å². The molecular formula is C20H26N2O6. The first-order valence-electron chi connectivity index (χ1n) is 9.39. The third kappa shape index (κ3) is 5.80. The van der Waals surface area contributed by atoms with Crippen LogP contribution in [-0.2, 0) is 25.6 Å². The third-order valence-corrected chi connectivity index (χ3v) is 4.97. The van der Waals surface area contributed by atoms with Crippen LogP contribution in [0.3, 0.4) is 0 Å². The zero-order valence-corrected chi connectivity index (χ0v) is 15.8. The Labute approximate surface area is 163 Å². The summed E-state index contributed by atoms with van der Waals surface area (Å²) >= 11 is 0. The predicted molar refractivity (Wildman–Crippen MR) is 100 cm³/mol. The summed E-state index contributed by atoms with van der Waals surface area (Å²) in [6.45, 7) is 1.83. The molecule has 1 unspecified atom stereocenters. The van der Waals surface area contributed by atoms with E-state index >= 15 is 0 Å². The van der Waals surface area contributed by atoms with E-state index in [1.54, 1.807) is 0 Å². The van der Waals surface area contributed by atoms with E-state index in [-0.39, 0.29) is 6.42 Å². The van der Waals surface area contributed by atoms with Gasteiger partial charge >= 0.3 is 11.9 Å². The Morgan fingerprint density at radius 3 is 2.46 bits per heavy atom. The Hall–Kier alpha value is -2.90. The summed E-state index contributed by atoms with van der Waals surface area (Å²) in [5, 5.41) is 20.9. The van der Waals surface area contributed by atoms with Gasteiger partial charge in [-0.25, -0.2) is 4.79 Å². The van der Waals surface area contributed by atoms with Gasteiger partial charge in [0.1, 0.15) is 12.1 Å². The van der Waals surface area contributed by atoms with E-state index in [1.807, 2.05) is 30.3 Å². The molecule has 1 saturated heterocycles. The molecule has 0 aromatic heterocycles. The molecule has 8 heteroatoms. The van der Waals surface area contributed by atoms with E-state index in [0.717, 1.165) is 5.56 Å². The summed E-state index contributed by atoms with van der Waals surface area (Å²) in [6.07, 6.45) is 1.54. The Kier molecular flexibility index (Phi) is 7.54. The first kappa shape index (κ1) is 21.4. The maximum absolute atomic E-state index is 12.6. The fourth-order valence-corrected chi connectivity index (χ4v) is 3.45. The van der Waals surface area contributed by atoms with Crippen LogP contribution in [0.2, 0.25) is 0 Å². The van der Waals surface area contributed by atoms with Gasteiger partial charge in [-0.15, -0.1) is 0 Å². The number of carboxylic acids is 2. The lowest BCUT2D eigenvalue weighted by Gasteiger charge is -2.26. The second-order valence-corrected chi connectivity index (χ2v) is 7.08. The SMILES string of the molecule is C[C@H](NC(=O)C(CCc1ccccc1)CC(=O)O)C(=O)N1CCC[C@H]1C(=O)O. The van der Waals surface area contributed by atoms with Crippen molar-refractivity contribution in [3.05, 3.63) is 35.9 Å². The van der Waals surface area contributed by atoms with E-state index in [9.17, 15) is 24.3 Å². The summed E-state index contributed by atoms with van der Waals surface area (Å²) in [7, 11) is 0. The highest BCUT2D eigenvalue weighted by Gasteiger charge is 2.36. The van der Waals surface area contributed by atoms with E-state index in [4.69, 9.17) is 5.11 Å². The van der Waals surface area contributed by atoms with Crippen LogP contribution in [-0.4, -0.2) is 57.5 Å². The number of nitrogens with zero attached hydrogens (tertiary/aromatic N) is 1. The highest BCUT2D eigenvalue weighted by molar-refractivity contribution is 5.91. The number of nitrogens with one attached hydrogen (secondary N) is 1. The van der Waals surface area contributed by atoms with Crippen molar-refractivity contribution in [2.75, 3.05) is 6.54 Å². The van der Waals surface area contributed by atoms with Gasteiger partial charge in [0, 0.05) is 12.5 Å². The van der Waals surface area contributed by atoms with Crippen molar-refractivity contribution in [2.24, 2.45) is 5.92 Å². The van der Waals surface area contributed by atoms with Gasteiger partial charge in [0.25, 0.3) is 0 Å². The van der Waals surface area contributed by atoms with E-state index in [0.29, 0.717) is 32.2 Å². The van der Waals surface area contributed by atoms with Crippen molar-refractivity contribution >= 4 is 23.8 Å². The summed E-state index contributed by atoms with van der Waals surface area (Å²) in [5.41, 5.74) is 0.996. The fourth-order valence-electron chi connectivity index (χ4n) is 3.45. The lowest BCUT2D eigenvalue weighted by molar-refractivity contribution is -0.149. The van der Waals surface area contributed by atoms with Gasteiger partial charge < -0.3 is 20.4 Å². The Balaban J connectivity index is 1.98. The van der Waals surface area contributed by atoms with Crippen molar-refractivity contribution in [1.29, 1.82) is 0 Å². The minimum Gasteiger partial charge on any atom is -0.481 e. The van der Waals surface area contributed by atoms with Gasteiger partial charge in [0.15, 0.2) is 0 Å². The maximum Gasteiger partial charge on any atom is 0.326 e. The number of carbonyl (C=O) groups is 4. The van der Waals surface area contributed by atoms with Crippen LogP contribution < -0.4 is 5.32 Å². The van der Waals surface area contributed by atoms with Crippen LogP contribution in [0.15, 0.2) is 30.3 Å². The molecule has 2 amide bonds. The molecule has 0 radical (unpaired) electrons. The summed E-state index contributed by atoms with van der Waals surface area (Å²) < 4.78 is 0. The smallest absolute Gasteiger partial charge is 0.326 e. The molecule has 8 nitrogen and oxygen atoms in total. The van der Waals surface area contributed by atoms with Crippen molar-refractivity contribution in [2.45, 2.75) is 51.1 Å². The van der Waals surface area contributed by atoms with Gasteiger partial charge in [-0.1, -0.05) is 30.3 Å². The molecule has 1 aromatic carbocycles. The quantitative estimate of drug-likeness (QED) is 0.584. The number of hydrogen-bond acceptors (Lipinski definition) is 4. The van der Waals surface area contributed by atoms with Crippen molar-refractivity contribution in [3.8, 4) is 0 Å². The number of hydrogen-bond donors (Lipinski definition) is 3. The number of amides is 2. The average Bonchev–Trinajstić information content (AvgIpc) is 3.15. The minimum absolute atomic E-state index is 0.332. The van der Waals surface area contributed by atoms with Gasteiger partial charge in [-0.2, -0.15) is 0 Å². The topological polar surface area (TPSA) is 124 Å². The van der Waals surface area contributed by atoms with Gasteiger partial charge in [0.05, 0.1) is 6.42 Å². The number of likely N-dealkylation sites (tertiary alicyclic amines) is 1. The molecule has 1 aliphatic rings. The fraction of sp³-hybridized carbons (Fsp3) is 0.500.